The van der Waals surface area contributed by atoms with E-state index in [9.17, 15) is 13.2 Å². The quantitative estimate of drug-likeness (QED) is 0.570. The van der Waals surface area contributed by atoms with Gasteiger partial charge in [0.05, 0.1) is 13.2 Å². The third-order valence-corrected chi connectivity index (χ3v) is 4.69. The van der Waals surface area contributed by atoms with Crippen LogP contribution in [0.25, 0.3) is 0 Å². The number of halogens is 3. The van der Waals surface area contributed by atoms with Gasteiger partial charge in [0.1, 0.15) is 0 Å². The van der Waals surface area contributed by atoms with Crippen molar-refractivity contribution in [2.24, 2.45) is 5.92 Å². The molecule has 158 valence electrons. The topological polar surface area (TPSA) is 93.2 Å². The van der Waals surface area contributed by atoms with Gasteiger partial charge in [-0.2, -0.15) is 19.3 Å². The Hall–Kier alpha value is -2.82. The second-order valence-corrected chi connectivity index (χ2v) is 6.64. The van der Waals surface area contributed by atoms with E-state index < -0.39 is 23.2 Å². The van der Waals surface area contributed by atoms with Gasteiger partial charge in [-0.25, -0.2) is 8.78 Å². The lowest BCUT2D eigenvalue weighted by atomic mass is 10.0. The molecule has 1 aliphatic rings. The Labute approximate surface area is 166 Å². The lowest BCUT2D eigenvalue weighted by molar-refractivity contribution is 0.104. The van der Waals surface area contributed by atoms with Gasteiger partial charge in [0, 0.05) is 32.3 Å². The third kappa shape index (κ3) is 4.78. The van der Waals surface area contributed by atoms with Gasteiger partial charge >= 0.3 is 0 Å². The van der Waals surface area contributed by atoms with Crippen LogP contribution < -0.4 is 20.7 Å². The predicted octanol–water partition coefficient (Wildman–Crippen LogP) is 2.79. The fourth-order valence-electron chi connectivity index (χ4n) is 2.97. The minimum atomic E-state index is -1.37. The maximum absolute atomic E-state index is 14.3. The highest BCUT2D eigenvalue weighted by molar-refractivity contribution is 5.43. The largest absolute Gasteiger partial charge is 0.491 e. The third-order valence-electron chi connectivity index (χ3n) is 4.69. The molecule has 11 heteroatoms. The summed E-state index contributed by atoms with van der Waals surface area (Å²) in [5.74, 6) is -3.20. The van der Waals surface area contributed by atoms with Crippen molar-refractivity contribution in [2.75, 3.05) is 43.3 Å². The van der Waals surface area contributed by atoms with Crippen molar-refractivity contribution in [3.63, 3.8) is 0 Å². The summed E-state index contributed by atoms with van der Waals surface area (Å²) in [5.41, 5.74) is -0.130. The van der Waals surface area contributed by atoms with E-state index in [-0.39, 0.29) is 30.1 Å². The van der Waals surface area contributed by atoms with Crippen molar-refractivity contribution in [3.05, 3.63) is 29.1 Å². The number of ether oxygens (including phenoxy) is 2. The number of benzene rings is 1. The van der Waals surface area contributed by atoms with Gasteiger partial charge in [-0.1, -0.05) is 6.92 Å². The molecule has 0 spiro atoms. The van der Waals surface area contributed by atoms with E-state index in [1.54, 1.807) is 7.05 Å². The van der Waals surface area contributed by atoms with Gasteiger partial charge in [-0.05, 0) is 18.4 Å². The predicted molar refractivity (Wildman–Crippen MR) is 102 cm³/mol. The zero-order chi connectivity index (χ0) is 21.0. The van der Waals surface area contributed by atoms with Gasteiger partial charge in [0.25, 0.3) is 0 Å². The highest BCUT2D eigenvalue weighted by Crippen LogP contribution is 2.27. The van der Waals surface area contributed by atoms with Gasteiger partial charge in [0.15, 0.2) is 17.4 Å². The van der Waals surface area contributed by atoms with Crippen molar-refractivity contribution in [2.45, 2.75) is 26.0 Å². The molecule has 1 aromatic carbocycles. The zero-order valence-electron chi connectivity index (χ0n) is 16.4. The molecule has 2 atom stereocenters. The summed E-state index contributed by atoms with van der Waals surface area (Å²) >= 11 is 0. The molecule has 3 N–H and O–H groups in total. The molecule has 1 aromatic heterocycles. The van der Waals surface area contributed by atoms with E-state index in [0.717, 1.165) is 26.2 Å². The van der Waals surface area contributed by atoms with E-state index in [1.807, 2.05) is 0 Å². The number of methoxy groups -OCH3 is 1. The summed E-state index contributed by atoms with van der Waals surface area (Å²) in [6.07, 6.45) is 1.06. The molecule has 0 radical (unpaired) electrons. The van der Waals surface area contributed by atoms with Crippen molar-refractivity contribution in [1.82, 2.24) is 15.0 Å². The van der Waals surface area contributed by atoms with E-state index in [4.69, 9.17) is 4.74 Å². The summed E-state index contributed by atoms with van der Waals surface area (Å²) < 4.78 is 51.8. The van der Waals surface area contributed by atoms with Crippen LogP contribution in [-0.4, -0.2) is 48.4 Å². The number of rotatable bonds is 8. The normalized spacial score (nSPS) is 18.6. The van der Waals surface area contributed by atoms with Gasteiger partial charge in [-0.3, -0.25) is 0 Å². The average Bonchev–Trinajstić information content (AvgIpc) is 3.13. The number of anilines is 3. The molecule has 2 aromatic rings. The average molecular weight is 412 g/mol. The molecule has 0 bridgehead atoms. The molecule has 1 aliphatic heterocycles. The van der Waals surface area contributed by atoms with Crippen molar-refractivity contribution in [1.29, 1.82) is 0 Å². The van der Waals surface area contributed by atoms with Crippen LogP contribution in [0.3, 0.4) is 0 Å². The van der Waals surface area contributed by atoms with Crippen molar-refractivity contribution >= 4 is 17.8 Å². The van der Waals surface area contributed by atoms with Crippen LogP contribution in [0.4, 0.5) is 31.0 Å². The molecule has 2 heterocycles. The first-order valence-electron chi connectivity index (χ1n) is 9.16. The molecule has 3 rings (SSSR count). The Morgan fingerprint density at radius 3 is 2.41 bits per heavy atom. The minimum Gasteiger partial charge on any atom is -0.491 e. The molecule has 0 unspecified atom stereocenters. The maximum atomic E-state index is 14.3. The van der Waals surface area contributed by atoms with Crippen molar-refractivity contribution in [3.8, 4) is 5.75 Å². The monoisotopic (exact) mass is 412 g/mol. The summed E-state index contributed by atoms with van der Waals surface area (Å²) in [6, 6.07) is 0.762. The van der Waals surface area contributed by atoms with Crippen LogP contribution in [0.5, 0.6) is 5.75 Å². The summed E-state index contributed by atoms with van der Waals surface area (Å²) in [7, 11) is 2.71. The Morgan fingerprint density at radius 2 is 1.79 bits per heavy atom. The van der Waals surface area contributed by atoms with E-state index >= 15 is 0 Å². The van der Waals surface area contributed by atoms with Gasteiger partial charge < -0.3 is 25.4 Å². The summed E-state index contributed by atoms with van der Waals surface area (Å²) in [4.78, 5) is 12.6. The molecular formula is C18H23F3N6O2. The van der Waals surface area contributed by atoms with E-state index in [1.165, 1.54) is 0 Å². The molecule has 1 fully saturated rings. The van der Waals surface area contributed by atoms with Crippen molar-refractivity contribution < 1.29 is 22.6 Å². The van der Waals surface area contributed by atoms with Crippen LogP contribution in [0.2, 0.25) is 0 Å². The first-order valence-corrected chi connectivity index (χ1v) is 9.16. The van der Waals surface area contributed by atoms with E-state index in [0.29, 0.717) is 18.4 Å². The number of hydrogen-bond donors (Lipinski definition) is 3. The first-order chi connectivity index (χ1) is 13.9. The minimum absolute atomic E-state index is 0.0601. The summed E-state index contributed by atoms with van der Waals surface area (Å²) in [6.45, 7) is 3.18. The van der Waals surface area contributed by atoms with Crippen LogP contribution in [0.15, 0.2) is 6.07 Å². The molecule has 8 nitrogen and oxygen atoms in total. The highest BCUT2D eigenvalue weighted by Gasteiger charge is 2.24. The van der Waals surface area contributed by atoms with E-state index in [2.05, 4.69) is 42.6 Å². The SMILES string of the molecule is CNc1nc(NCc2cc(F)c(F)c(OC)c2F)nc(NC[C@@H]2OCC[C@@H]2C)n1. The number of nitrogens with one attached hydrogen (secondary N) is 3. The Bertz CT molecular complexity index is 870. The molecule has 29 heavy (non-hydrogen) atoms. The smallest absolute Gasteiger partial charge is 0.229 e. The summed E-state index contributed by atoms with van der Waals surface area (Å²) in [5, 5.41) is 8.71. The number of hydrogen-bond acceptors (Lipinski definition) is 8. The molecular weight excluding hydrogens is 389 g/mol. The molecule has 0 saturated carbocycles. The Balaban J connectivity index is 1.73. The number of nitrogens with zero attached hydrogens (tertiary/aromatic N) is 3. The van der Waals surface area contributed by atoms with Crippen LogP contribution in [0.1, 0.15) is 18.9 Å². The second kappa shape index (κ2) is 9.12. The number of aromatic nitrogens is 3. The van der Waals surface area contributed by atoms with Crippen LogP contribution in [0, 0.1) is 23.4 Å². The lowest BCUT2D eigenvalue weighted by Crippen LogP contribution is -2.25. The molecule has 1 saturated heterocycles. The first kappa shape index (κ1) is 20.9. The Morgan fingerprint density at radius 1 is 1.10 bits per heavy atom. The molecule has 0 amide bonds. The zero-order valence-corrected chi connectivity index (χ0v) is 16.4. The highest BCUT2D eigenvalue weighted by atomic mass is 19.2. The van der Waals surface area contributed by atoms with Gasteiger partial charge in [-0.15, -0.1) is 0 Å². The van der Waals surface area contributed by atoms with Gasteiger partial charge in [0.2, 0.25) is 23.7 Å². The molecule has 0 aliphatic carbocycles. The van der Waals surface area contributed by atoms with Crippen LogP contribution >= 0.6 is 0 Å². The van der Waals surface area contributed by atoms with Crippen LogP contribution in [-0.2, 0) is 11.3 Å². The fourth-order valence-corrected chi connectivity index (χ4v) is 2.97. The standard InChI is InChI=1S/C18H23F3N6O2/c1-9-4-5-29-12(9)8-24-18-26-16(22-2)25-17(27-18)23-7-10-6-11(19)14(21)15(28-3)13(10)20/h6,9,12H,4-5,7-8H2,1-3H3,(H3,22,23,24,25,26,27)/t9-,12-/m0/s1. The Kier molecular flexibility index (Phi) is 6.57. The lowest BCUT2D eigenvalue weighted by Gasteiger charge is -2.16. The maximum Gasteiger partial charge on any atom is 0.229 e. The second-order valence-electron chi connectivity index (χ2n) is 6.64. The fraction of sp³-hybridized carbons (Fsp3) is 0.500.